The van der Waals surface area contributed by atoms with Crippen LogP contribution in [0.2, 0.25) is 0 Å². The maximum Gasteiger partial charge on any atom is 0.387 e. The van der Waals surface area contributed by atoms with Crippen LogP contribution in [-0.4, -0.2) is 26.8 Å². The van der Waals surface area contributed by atoms with Gasteiger partial charge in [0.2, 0.25) is 0 Å². The number of nitrogens with zero attached hydrogens (tertiary/aromatic N) is 1. The average Bonchev–Trinajstić information content (AvgIpc) is 2.81. The van der Waals surface area contributed by atoms with E-state index in [9.17, 15) is 8.78 Å². The van der Waals surface area contributed by atoms with Crippen LogP contribution >= 0.6 is 0 Å². The van der Waals surface area contributed by atoms with E-state index in [0.717, 1.165) is 31.6 Å². The van der Waals surface area contributed by atoms with Gasteiger partial charge in [-0.15, -0.1) is 0 Å². The van der Waals surface area contributed by atoms with Gasteiger partial charge in [-0.2, -0.15) is 8.78 Å². The fourth-order valence-corrected chi connectivity index (χ4v) is 2.03. The summed E-state index contributed by atoms with van der Waals surface area (Å²) in [4.78, 5) is 2.15. The highest BCUT2D eigenvalue weighted by Gasteiger charge is 2.16. The van der Waals surface area contributed by atoms with Gasteiger partial charge in [0.25, 0.3) is 0 Å². The minimum Gasteiger partial charge on any atom is -0.493 e. The van der Waals surface area contributed by atoms with Crippen molar-refractivity contribution in [1.82, 2.24) is 0 Å². The minimum absolute atomic E-state index is 0.0897. The number of benzene rings is 1. The van der Waals surface area contributed by atoms with E-state index in [1.165, 1.54) is 7.11 Å². The summed E-state index contributed by atoms with van der Waals surface area (Å²) >= 11 is 0. The minimum atomic E-state index is -2.84. The van der Waals surface area contributed by atoms with Crippen molar-refractivity contribution in [3.8, 4) is 11.5 Å². The van der Waals surface area contributed by atoms with Gasteiger partial charge >= 0.3 is 6.61 Å². The summed E-state index contributed by atoms with van der Waals surface area (Å²) in [6, 6.07) is 5.13. The first-order chi connectivity index (χ1) is 8.20. The lowest BCUT2D eigenvalue weighted by atomic mass is 10.2. The molecule has 0 spiro atoms. The van der Waals surface area contributed by atoms with E-state index in [4.69, 9.17) is 4.74 Å². The monoisotopic (exact) mass is 243 g/mol. The molecule has 1 aromatic carbocycles. The van der Waals surface area contributed by atoms with Crippen molar-refractivity contribution in [3.63, 3.8) is 0 Å². The molecule has 1 aliphatic rings. The van der Waals surface area contributed by atoms with E-state index in [0.29, 0.717) is 5.75 Å². The van der Waals surface area contributed by atoms with Crippen molar-refractivity contribution in [3.05, 3.63) is 18.2 Å². The van der Waals surface area contributed by atoms with E-state index < -0.39 is 6.61 Å². The molecule has 5 heteroatoms. The SMILES string of the molecule is COc1ccc(N2CCCC2)cc1OC(F)F. The summed E-state index contributed by atoms with van der Waals surface area (Å²) in [5.41, 5.74) is 0.902. The van der Waals surface area contributed by atoms with E-state index in [2.05, 4.69) is 9.64 Å². The molecule has 0 N–H and O–H groups in total. The van der Waals surface area contributed by atoms with Gasteiger partial charge < -0.3 is 14.4 Å². The topological polar surface area (TPSA) is 21.7 Å². The van der Waals surface area contributed by atoms with Crippen molar-refractivity contribution in [2.75, 3.05) is 25.1 Å². The van der Waals surface area contributed by atoms with Crippen LogP contribution in [0.25, 0.3) is 0 Å². The molecule has 0 aromatic heterocycles. The molecule has 0 amide bonds. The summed E-state index contributed by atoms with van der Waals surface area (Å²) in [5.74, 6) is 0.417. The maximum atomic E-state index is 12.3. The molecule has 17 heavy (non-hydrogen) atoms. The molecule has 0 aliphatic carbocycles. The van der Waals surface area contributed by atoms with E-state index in [-0.39, 0.29) is 5.75 Å². The molecule has 0 bridgehead atoms. The highest BCUT2D eigenvalue weighted by Crippen LogP contribution is 2.33. The summed E-state index contributed by atoms with van der Waals surface area (Å²) in [7, 11) is 1.43. The van der Waals surface area contributed by atoms with Crippen LogP contribution in [0.3, 0.4) is 0 Å². The van der Waals surface area contributed by atoms with Gasteiger partial charge in [0.05, 0.1) is 7.11 Å². The van der Waals surface area contributed by atoms with Crippen molar-refractivity contribution in [1.29, 1.82) is 0 Å². The largest absolute Gasteiger partial charge is 0.493 e. The molecule has 0 saturated carbocycles. The summed E-state index contributed by atoms with van der Waals surface area (Å²) < 4.78 is 33.9. The second-order valence-corrected chi connectivity index (χ2v) is 3.91. The van der Waals surface area contributed by atoms with Gasteiger partial charge in [-0.1, -0.05) is 0 Å². The maximum absolute atomic E-state index is 12.3. The third kappa shape index (κ3) is 2.78. The Bertz CT molecular complexity index is 379. The molecule has 94 valence electrons. The standard InChI is InChI=1S/C12H15F2NO2/c1-16-10-5-4-9(15-6-2-3-7-15)8-11(10)17-12(13)14/h4-5,8,12H,2-3,6-7H2,1H3. The van der Waals surface area contributed by atoms with Crippen molar-refractivity contribution in [2.45, 2.75) is 19.5 Å². The zero-order chi connectivity index (χ0) is 12.3. The van der Waals surface area contributed by atoms with Gasteiger partial charge in [0.15, 0.2) is 11.5 Å². The molecule has 0 radical (unpaired) electrons. The second-order valence-electron chi connectivity index (χ2n) is 3.91. The van der Waals surface area contributed by atoms with E-state index in [1.807, 2.05) is 6.07 Å². The van der Waals surface area contributed by atoms with Gasteiger partial charge in [0, 0.05) is 24.8 Å². The number of rotatable bonds is 4. The van der Waals surface area contributed by atoms with Crippen LogP contribution in [0.15, 0.2) is 18.2 Å². The quantitative estimate of drug-likeness (QED) is 0.811. The molecule has 1 aromatic rings. The molecule has 2 rings (SSSR count). The molecular formula is C12H15F2NO2. The fraction of sp³-hybridized carbons (Fsp3) is 0.500. The van der Waals surface area contributed by atoms with Crippen LogP contribution in [0.4, 0.5) is 14.5 Å². The van der Waals surface area contributed by atoms with Crippen LogP contribution in [0.5, 0.6) is 11.5 Å². The zero-order valence-corrected chi connectivity index (χ0v) is 9.66. The highest BCUT2D eigenvalue weighted by atomic mass is 19.3. The van der Waals surface area contributed by atoms with Crippen molar-refractivity contribution >= 4 is 5.69 Å². The Hall–Kier alpha value is -1.52. The molecule has 0 atom stereocenters. The van der Waals surface area contributed by atoms with Crippen LogP contribution in [0, 0.1) is 0 Å². The number of hydrogen-bond donors (Lipinski definition) is 0. The molecule has 3 nitrogen and oxygen atoms in total. The lowest BCUT2D eigenvalue weighted by Crippen LogP contribution is -2.17. The Balaban J connectivity index is 2.23. The first kappa shape index (κ1) is 12.0. The Kier molecular flexibility index (Phi) is 3.66. The molecule has 0 unspecified atom stereocenters. The second kappa shape index (κ2) is 5.21. The molecule has 1 heterocycles. The highest BCUT2D eigenvalue weighted by molar-refractivity contribution is 5.56. The summed E-state index contributed by atoms with van der Waals surface area (Å²) in [6.45, 7) is -0.918. The predicted molar refractivity (Wildman–Crippen MR) is 61.1 cm³/mol. The van der Waals surface area contributed by atoms with Crippen molar-refractivity contribution < 1.29 is 18.3 Å². The van der Waals surface area contributed by atoms with Gasteiger partial charge in [-0.25, -0.2) is 0 Å². The predicted octanol–water partition coefficient (Wildman–Crippen LogP) is 2.90. The first-order valence-electron chi connectivity index (χ1n) is 5.58. The number of hydrogen-bond acceptors (Lipinski definition) is 3. The normalized spacial score (nSPS) is 15.4. The number of methoxy groups -OCH3 is 1. The Morgan fingerprint density at radius 2 is 1.88 bits per heavy atom. The third-order valence-electron chi connectivity index (χ3n) is 2.83. The van der Waals surface area contributed by atoms with Crippen LogP contribution in [0.1, 0.15) is 12.8 Å². The Morgan fingerprint density at radius 1 is 1.18 bits per heavy atom. The van der Waals surface area contributed by atoms with Gasteiger partial charge in [0.1, 0.15) is 0 Å². The number of anilines is 1. The van der Waals surface area contributed by atoms with Gasteiger partial charge in [-0.05, 0) is 25.0 Å². The molecule has 1 aliphatic heterocycles. The zero-order valence-electron chi connectivity index (χ0n) is 9.66. The van der Waals surface area contributed by atoms with Crippen molar-refractivity contribution in [2.24, 2.45) is 0 Å². The third-order valence-corrected chi connectivity index (χ3v) is 2.83. The lowest BCUT2D eigenvalue weighted by Gasteiger charge is -2.19. The molecular weight excluding hydrogens is 228 g/mol. The van der Waals surface area contributed by atoms with E-state index in [1.54, 1.807) is 12.1 Å². The number of halogens is 2. The Morgan fingerprint density at radius 3 is 2.47 bits per heavy atom. The summed E-state index contributed by atoms with van der Waals surface area (Å²) in [6.07, 6.45) is 2.27. The Labute approximate surface area is 98.9 Å². The molecule has 1 fully saturated rings. The number of alkyl halides is 2. The molecule has 1 saturated heterocycles. The van der Waals surface area contributed by atoms with Crippen LogP contribution < -0.4 is 14.4 Å². The number of ether oxygens (including phenoxy) is 2. The van der Waals surface area contributed by atoms with E-state index >= 15 is 0 Å². The fourth-order valence-electron chi connectivity index (χ4n) is 2.03. The smallest absolute Gasteiger partial charge is 0.387 e. The summed E-state index contributed by atoms with van der Waals surface area (Å²) in [5, 5.41) is 0. The lowest BCUT2D eigenvalue weighted by molar-refractivity contribution is -0.0511. The van der Waals surface area contributed by atoms with Crippen LogP contribution in [-0.2, 0) is 0 Å². The van der Waals surface area contributed by atoms with Gasteiger partial charge in [-0.3, -0.25) is 0 Å². The first-order valence-corrected chi connectivity index (χ1v) is 5.58. The average molecular weight is 243 g/mol.